The van der Waals surface area contributed by atoms with Gasteiger partial charge in [0.05, 0.1) is 6.54 Å². The fourth-order valence-corrected chi connectivity index (χ4v) is 1.78. The number of halogens is 1. The second kappa shape index (κ2) is 7.02. The third kappa shape index (κ3) is 5.86. The number of nitrogens with zero attached hydrogens (tertiary/aromatic N) is 2. The van der Waals surface area contributed by atoms with E-state index in [1.807, 2.05) is 20.8 Å². The molecule has 0 atom stereocenters. The third-order valence-electron chi connectivity index (χ3n) is 2.50. The van der Waals surface area contributed by atoms with Gasteiger partial charge in [-0.15, -0.1) is 0 Å². The van der Waals surface area contributed by atoms with Crippen LogP contribution in [-0.4, -0.2) is 29.0 Å². The predicted molar refractivity (Wildman–Crippen MR) is 84.8 cm³/mol. The van der Waals surface area contributed by atoms with Crippen molar-refractivity contribution in [2.75, 3.05) is 18.4 Å². The van der Waals surface area contributed by atoms with Gasteiger partial charge in [-0.1, -0.05) is 34.6 Å². The van der Waals surface area contributed by atoms with Gasteiger partial charge in [-0.3, -0.25) is 4.79 Å². The maximum atomic E-state index is 11.7. The summed E-state index contributed by atoms with van der Waals surface area (Å²) in [5.74, 6) is 1.79. The quantitative estimate of drug-likeness (QED) is 0.807. The van der Waals surface area contributed by atoms with Gasteiger partial charge < -0.3 is 10.6 Å². The Bertz CT molecular complexity index is 469. The summed E-state index contributed by atoms with van der Waals surface area (Å²) in [7, 11) is 0. The summed E-state index contributed by atoms with van der Waals surface area (Å²) >= 11 is 3.37. The normalized spacial score (nSPS) is 11.6. The van der Waals surface area contributed by atoms with Crippen LogP contribution in [0.15, 0.2) is 10.7 Å². The minimum absolute atomic E-state index is 0.0363. The highest BCUT2D eigenvalue weighted by Gasteiger charge is 2.18. The number of nitrogens with one attached hydrogen (secondary N) is 2. The lowest BCUT2D eigenvalue weighted by atomic mass is 9.96. The molecule has 1 amide bonds. The summed E-state index contributed by atoms with van der Waals surface area (Å²) in [6.07, 6.45) is 0. The molecule has 0 fully saturated rings. The van der Waals surface area contributed by atoms with Crippen molar-refractivity contribution in [2.45, 2.75) is 40.0 Å². The van der Waals surface area contributed by atoms with E-state index in [0.717, 1.165) is 5.82 Å². The molecule has 112 valence electrons. The highest BCUT2D eigenvalue weighted by molar-refractivity contribution is 9.10. The Hall–Kier alpha value is -1.17. The molecule has 0 radical (unpaired) electrons. The van der Waals surface area contributed by atoms with Crippen LogP contribution in [0.25, 0.3) is 0 Å². The molecule has 0 bridgehead atoms. The summed E-state index contributed by atoms with van der Waals surface area (Å²) in [6, 6.07) is 1.77. The van der Waals surface area contributed by atoms with E-state index in [2.05, 4.69) is 50.4 Å². The molecule has 1 aromatic rings. The van der Waals surface area contributed by atoms with Gasteiger partial charge in [-0.25, -0.2) is 9.97 Å². The standard InChI is InChI=1S/C14H23BrN4O/c1-9(2)7-17-12(20)8-16-11-6-10(15)18-13(19-11)14(3,4)5/h6,9H,7-8H2,1-5H3,(H,17,20)(H,16,18,19). The lowest BCUT2D eigenvalue weighted by Gasteiger charge is -2.18. The first kappa shape index (κ1) is 16.9. The van der Waals surface area contributed by atoms with Crippen LogP contribution in [-0.2, 0) is 10.2 Å². The maximum absolute atomic E-state index is 11.7. The predicted octanol–water partition coefficient (Wildman–Crippen LogP) is 2.72. The van der Waals surface area contributed by atoms with E-state index in [9.17, 15) is 4.79 Å². The van der Waals surface area contributed by atoms with Crippen LogP contribution in [0, 0.1) is 5.92 Å². The van der Waals surface area contributed by atoms with Crippen molar-refractivity contribution in [1.82, 2.24) is 15.3 Å². The van der Waals surface area contributed by atoms with Crippen LogP contribution >= 0.6 is 15.9 Å². The fourth-order valence-electron chi connectivity index (χ4n) is 1.39. The molecule has 5 nitrogen and oxygen atoms in total. The van der Waals surface area contributed by atoms with Crippen molar-refractivity contribution in [3.05, 3.63) is 16.5 Å². The van der Waals surface area contributed by atoms with Gasteiger partial charge in [-0.05, 0) is 21.8 Å². The Morgan fingerprint density at radius 3 is 2.55 bits per heavy atom. The van der Waals surface area contributed by atoms with E-state index in [1.54, 1.807) is 6.07 Å². The SMILES string of the molecule is CC(C)CNC(=O)CNc1cc(Br)nc(C(C)(C)C)n1. The van der Waals surface area contributed by atoms with Gasteiger partial charge in [0.1, 0.15) is 16.2 Å². The van der Waals surface area contributed by atoms with E-state index in [-0.39, 0.29) is 17.9 Å². The monoisotopic (exact) mass is 342 g/mol. The van der Waals surface area contributed by atoms with Crippen molar-refractivity contribution in [1.29, 1.82) is 0 Å². The molecule has 6 heteroatoms. The van der Waals surface area contributed by atoms with Crippen molar-refractivity contribution >= 4 is 27.7 Å². The second-order valence-electron chi connectivity index (χ2n) is 6.20. The molecule has 0 spiro atoms. The van der Waals surface area contributed by atoms with Crippen molar-refractivity contribution in [3.8, 4) is 0 Å². The Labute approximate surface area is 129 Å². The van der Waals surface area contributed by atoms with Gasteiger partial charge in [0.2, 0.25) is 5.91 Å². The zero-order chi connectivity index (χ0) is 15.3. The van der Waals surface area contributed by atoms with Crippen LogP contribution in [0.2, 0.25) is 0 Å². The van der Waals surface area contributed by atoms with Crippen molar-refractivity contribution < 1.29 is 4.79 Å². The lowest BCUT2D eigenvalue weighted by Crippen LogP contribution is -2.32. The highest BCUT2D eigenvalue weighted by Crippen LogP contribution is 2.22. The molecule has 0 aromatic carbocycles. The van der Waals surface area contributed by atoms with Crippen LogP contribution in [0.5, 0.6) is 0 Å². The number of carbonyl (C=O) groups excluding carboxylic acids is 1. The first-order valence-corrected chi connectivity index (χ1v) is 7.53. The first-order valence-electron chi connectivity index (χ1n) is 6.74. The number of hydrogen-bond donors (Lipinski definition) is 2. The number of anilines is 1. The number of amides is 1. The largest absolute Gasteiger partial charge is 0.361 e. The number of aromatic nitrogens is 2. The Balaban J connectivity index is 2.64. The van der Waals surface area contributed by atoms with Crippen LogP contribution in [0.1, 0.15) is 40.4 Å². The van der Waals surface area contributed by atoms with Crippen molar-refractivity contribution in [2.24, 2.45) is 5.92 Å². The molecule has 0 aliphatic carbocycles. The molecule has 0 saturated carbocycles. The Kier molecular flexibility index (Phi) is 5.92. The molecule has 20 heavy (non-hydrogen) atoms. The summed E-state index contributed by atoms with van der Waals surface area (Å²) < 4.78 is 0.711. The zero-order valence-corrected chi connectivity index (χ0v) is 14.3. The minimum Gasteiger partial charge on any atom is -0.361 e. The molecular weight excluding hydrogens is 320 g/mol. The molecule has 0 aliphatic rings. The fraction of sp³-hybridized carbons (Fsp3) is 0.643. The van der Waals surface area contributed by atoms with Crippen molar-refractivity contribution in [3.63, 3.8) is 0 Å². The molecule has 1 rings (SSSR count). The molecular formula is C14H23BrN4O. The number of carbonyl (C=O) groups is 1. The topological polar surface area (TPSA) is 66.9 Å². The van der Waals surface area contributed by atoms with Gasteiger partial charge in [0.25, 0.3) is 0 Å². The molecule has 0 unspecified atom stereocenters. The lowest BCUT2D eigenvalue weighted by molar-refractivity contribution is -0.119. The van der Waals surface area contributed by atoms with E-state index < -0.39 is 0 Å². The zero-order valence-electron chi connectivity index (χ0n) is 12.7. The Morgan fingerprint density at radius 1 is 1.35 bits per heavy atom. The molecule has 1 heterocycles. The summed E-state index contributed by atoms with van der Waals surface area (Å²) in [5.41, 5.74) is -0.139. The molecule has 0 saturated heterocycles. The Morgan fingerprint density at radius 2 is 2.00 bits per heavy atom. The van der Waals surface area contributed by atoms with Crippen LogP contribution in [0.3, 0.4) is 0 Å². The summed E-state index contributed by atoms with van der Waals surface area (Å²) in [6.45, 7) is 11.2. The summed E-state index contributed by atoms with van der Waals surface area (Å²) in [4.78, 5) is 20.5. The van der Waals surface area contributed by atoms with E-state index in [4.69, 9.17) is 0 Å². The van der Waals surface area contributed by atoms with Gasteiger partial charge >= 0.3 is 0 Å². The second-order valence-corrected chi connectivity index (χ2v) is 7.01. The minimum atomic E-state index is -0.139. The maximum Gasteiger partial charge on any atom is 0.239 e. The first-order chi connectivity index (χ1) is 9.18. The van der Waals surface area contributed by atoms with E-state index >= 15 is 0 Å². The van der Waals surface area contributed by atoms with Gasteiger partial charge in [-0.2, -0.15) is 0 Å². The number of rotatable bonds is 5. The molecule has 0 aliphatic heterocycles. The third-order valence-corrected chi connectivity index (χ3v) is 2.91. The van der Waals surface area contributed by atoms with Crippen LogP contribution in [0.4, 0.5) is 5.82 Å². The van der Waals surface area contributed by atoms with Crippen LogP contribution < -0.4 is 10.6 Å². The average molecular weight is 343 g/mol. The van der Waals surface area contributed by atoms with Gasteiger partial charge in [0.15, 0.2) is 0 Å². The van der Waals surface area contributed by atoms with E-state index in [1.165, 1.54) is 0 Å². The smallest absolute Gasteiger partial charge is 0.239 e. The molecule has 2 N–H and O–H groups in total. The average Bonchev–Trinajstić information content (AvgIpc) is 2.32. The van der Waals surface area contributed by atoms with E-state index in [0.29, 0.717) is 22.9 Å². The molecule has 1 aromatic heterocycles. The highest BCUT2D eigenvalue weighted by atomic mass is 79.9. The summed E-state index contributed by atoms with van der Waals surface area (Å²) in [5, 5.41) is 5.88. The van der Waals surface area contributed by atoms with Gasteiger partial charge in [0, 0.05) is 18.0 Å². The number of hydrogen-bond acceptors (Lipinski definition) is 4.